The molecule has 8 nitrogen and oxygen atoms in total. The molecule has 0 amide bonds. The van der Waals surface area contributed by atoms with Gasteiger partial charge in [-0.25, -0.2) is 0 Å². The fourth-order valence-electron chi connectivity index (χ4n) is 2.71. The molecule has 0 aromatic heterocycles. The minimum atomic E-state index is -4.00. The van der Waals surface area contributed by atoms with E-state index in [-0.39, 0.29) is 83.7 Å². The molecule has 0 aliphatic heterocycles. The van der Waals surface area contributed by atoms with Crippen LogP contribution in [0.25, 0.3) is 11.1 Å². The number of benzene rings is 2. The van der Waals surface area contributed by atoms with Crippen LogP contribution in [-0.4, -0.2) is 110 Å². The molecule has 158 valence electrons. The van der Waals surface area contributed by atoms with Gasteiger partial charge in [0.15, 0.2) is 0 Å². The van der Waals surface area contributed by atoms with Crippen LogP contribution in [0.3, 0.4) is 0 Å². The van der Waals surface area contributed by atoms with Gasteiger partial charge in [-0.1, -0.05) is 12.1 Å². The van der Waals surface area contributed by atoms with E-state index in [0.717, 1.165) is 33.6 Å². The van der Waals surface area contributed by atoms with Gasteiger partial charge in [0, 0.05) is 24.5 Å². The molecule has 4 N–H and O–H groups in total. The van der Waals surface area contributed by atoms with E-state index in [4.69, 9.17) is 9.11 Å². The van der Waals surface area contributed by atoms with Crippen molar-refractivity contribution in [3.05, 3.63) is 47.5 Å². The standard InChI is InChI=1S/C18H24N2O6S2.2Na.2H/c1-13-11-15(3-5-17(13)19-7-9-27(21,22)23)16-4-6-18(14(2)12-16)20-8-10-28(24,25)26;;;;/h3-6,11-12,19-20H,7-10H2,1-2H3,(H,21,22,23)(H,24,25,26);;;;. The molecule has 0 aliphatic carbocycles. The van der Waals surface area contributed by atoms with Crippen molar-refractivity contribution in [1.29, 1.82) is 0 Å². The fraction of sp³-hybridized carbons (Fsp3) is 0.333. The Morgan fingerprint density at radius 2 is 1.03 bits per heavy atom. The van der Waals surface area contributed by atoms with E-state index in [1.165, 1.54) is 0 Å². The summed E-state index contributed by atoms with van der Waals surface area (Å²) in [5.74, 6) is -0.723. The molecule has 0 unspecified atom stereocenters. The van der Waals surface area contributed by atoms with Crippen molar-refractivity contribution in [3.63, 3.8) is 0 Å². The predicted molar refractivity (Wildman–Crippen MR) is 125 cm³/mol. The third kappa shape index (κ3) is 10.4. The Kier molecular flexibility index (Phi) is 12.7. The van der Waals surface area contributed by atoms with E-state index >= 15 is 0 Å². The third-order valence-electron chi connectivity index (χ3n) is 4.14. The predicted octanol–water partition coefficient (Wildman–Crippen LogP) is 1.27. The first-order chi connectivity index (χ1) is 12.9. The zero-order valence-corrected chi connectivity index (χ0v) is 17.3. The van der Waals surface area contributed by atoms with Crippen molar-refractivity contribution < 1.29 is 25.9 Å². The summed E-state index contributed by atoms with van der Waals surface area (Å²) in [4.78, 5) is 0. The summed E-state index contributed by atoms with van der Waals surface area (Å²) < 4.78 is 60.7. The van der Waals surface area contributed by atoms with E-state index in [0.29, 0.717) is 0 Å². The van der Waals surface area contributed by atoms with Crippen LogP contribution in [0.1, 0.15) is 11.1 Å². The topological polar surface area (TPSA) is 133 Å². The second kappa shape index (κ2) is 12.8. The van der Waals surface area contributed by atoms with Gasteiger partial charge in [0.1, 0.15) is 0 Å². The molecule has 0 radical (unpaired) electrons. The average molecular weight is 477 g/mol. The first kappa shape index (κ1) is 29.9. The minimum absolute atomic E-state index is 0. The Balaban J connectivity index is 0.00000420. The fourth-order valence-corrected chi connectivity index (χ4v) is 3.43. The van der Waals surface area contributed by atoms with Gasteiger partial charge in [-0.15, -0.1) is 0 Å². The molecule has 0 heterocycles. The summed E-state index contributed by atoms with van der Waals surface area (Å²) in [6.07, 6.45) is 0. The molecular weight excluding hydrogens is 450 g/mol. The monoisotopic (exact) mass is 476 g/mol. The van der Waals surface area contributed by atoms with Crippen molar-refractivity contribution in [2.45, 2.75) is 13.8 Å². The molecule has 2 aromatic carbocycles. The summed E-state index contributed by atoms with van der Waals surface area (Å²) in [5.41, 5.74) is 5.39. The number of nitrogens with one attached hydrogen (secondary N) is 2. The zero-order chi connectivity index (χ0) is 20.9. The Bertz CT molecular complexity index is 975. The van der Waals surface area contributed by atoms with Gasteiger partial charge in [-0.05, 0) is 60.4 Å². The summed E-state index contributed by atoms with van der Waals surface area (Å²) in [5, 5.41) is 5.97. The van der Waals surface area contributed by atoms with Gasteiger partial charge in [0.05, 0.1) is 11.5 Å². The van der Waals surface area contributed by atoms with Crippen molar-refractivity contribution in [2.75, 3.05) is 35.2 Å². The average Bonchev–Trinajstić information content (AvgIpc) is 2.55. The summed E-state index contributed by atoms with van der Waals surface area (Å²) >= 11 is 0. The van der Waals surface area contributed by atoms with Gasteiger partial charge in [-0.3, -0.25) is 9.11 Å². The quantitative estimate of drug-likeness (QED) is 0.314. The molecule has 30 heavy (non-hydrogen) atoms. The maximum absolute atomic E-state index is 10.8. The molecule has 2 rings (SSSR count). The number of rotatable bonds is 9. The van der Waals surface area contributed by atoms with Crippen LogP contribution < -0.4 is 10.6 Å². The third-order valence-corrected chi connectivity index (χ3v) is 5.58. The molecule has 0 fully saturated rings. The van der Waals surface area contributed by atoms with Crippen LogP contribution in [0.4, 0.5) is 11.4 Å². The number of anilines is 2. The molecule has 0 bridgehead atoms. The van der Waals surface area contributed by atoms with Gasteiger partial charge in [0.2, 0.25) is 0 Å². The van der Waals surface area contributed by atoms with E-state index < -0.39 is 20.2 Å². The Morgan fingerprint density at radius 1 is 0.700 bits per heavy atom. The second-order valence-electron chi connectivity index (χ2n) is 6.49. The molecule has 2 aromatic rings. The molecule has 0 saturated heterocycles. The second-order valence-corrected chi connectivity index (χ2v) is 9.63. The van der Waals surface area contributed by atoms with Crippen LogP contribution in [0.15, 0.2) is 36.4 Å². The normalized spacial score (nSPS) is 11.2. The molecule has 0 atom stereocenters. The SMILES string of the molecule is Cc1cc(-c2ccc(NCCS(=O)(=O)O)c(C)c2)ccc1NCCS(=O)(=O)O.[NaH].[NaH]. The van der Waals surface area contributed by atoms with E-state index in [1.807, 2.05) is 50.2 Å². The van der Waals surface area contributed by atoms with Crippen molar-refractivity contribution in [1.82, 2.24) is 0 Å². The molecule has 12 heteroatoms. The van der Waals surface area contributed by atoms with E-state index in [1.54, 1.807) is 0 Å². The number of hydrogen-bond donors (Lipinski definition) is 4. The molecule has 0 aliphatic rings. The van der Waals surface area contributed by atoms with Crippen LogP contribution in [0.5, 0.6) is 0 Å². The Labute approximate surface area is 222 Å². The van der Waals surface area contributed by atoms with Gasteiger partial charge >= 0.3 is 59.1 Å². The van der Waals surface area contributed by atoms with Gasteiger partial charge < -0.3 is 10.6 Å². The van der Waals surface area contributed by atoms with Crippen molar-refractivity contribution in [2.24, 2.45) is 0 Å². The number of hydrogen-bond acceptors (Lipinski definition) is 6. The van der Waals surface area contributed by atoms with E-state index in [2.05, 4.69) is 10.6 Å². The van der Waals surface area contributed by atoms with Crippen LogP contribution in [-0.2, 0) is 20.2 Å². The first-order valence-electron chi connectivity index (χ1n) is 8.54. The van der Waals surface area contributed by atoms with Crippen LogP contribution in [0.2, 0.25) is 0 Å². The Morgan fingerprint density at radius 3 is 1.30 bits per heavy atom. The molecular formula is C18H26N2Na2O6S2. The van der Waals surface area contributed by atoms with Gasteiger partial charge in [0.25, 0.3) is 20.2 Å². The maximum atomic E-state index is 10.8. The van der Waals surface area contributed by atoms with E-state index in [9.17, 15) is 16.8 Å². The Hall–Kier alpha value is -0.140. The van der Waals surface area contributed by atoms with Crippen LogP contribution >= 0.6 is 0 Å². The summed E-state index contributed by atoms with van der Waals surface area (Å²) in [6, 6.07) is 11.4. The first-order valence-corrected chi connectivity index (χ1v) is 11.8. The van der Waals surface area contributed by atoms with Crippen LogP contribution in [0, 0.1) is 13.8 Å². The summed E-state index contributed by atoms with van der Waals surface area (Å²) in [6.45, 7) is 4.03. The summed E-state index contributed by atoms with van der Waals surface area (Å²) in [7, 11) is -8.00. The zero-order valence-electron chi connectivity index (χ0n) is 15.6. The van der Waals surface area contributed by atoms with Crippen molar-refractivity contribution >= 4 is 90.7 Å². The molecule has 0 spiro atoms. The van der Waals surface area contributed by atoms with Gasteiger partial charge in [-0.2, -0.15) is 16.8 Å². The molecule has 0 saturated carbocycles. The van der Waals surface area contributed by atoms with Crippen molar-refractivity contribution in [3.8, 4) is 11.1 Å². The number of aryl methyl sites for hydroxylation is 2.